The fraction of sp³-hybridized carbons (Fsp3) is 0.824. The van der Waals surface area contributed by atoms with Gasteiger partial charge in [-0.25, -0.2) is 0 Å². The molecule has 128 valence electrons. The molecule has 3 fully saturated rings. The van der Waals surface area contributed by atoms with Crippen molar-refractivity contribution in [3.63, 3.8) is 0 Å². The predicted octanol–water partition coefficient (Wildman–Crippen LogP) is 0.516. The summed E-state index contributed by atoms with van der Waals surface area (Å²) < 4.78 is 0. The van der Waals surface area contributed by atoms with Crippen molar-refractivity contribution in [2.75, 3.05) is 0 Å². The van der Waals surface area contributed by atoms with E-state index in [0.717, 1.165) is 19.3 Å². The van der Waals surface area contributed by atoms with E-state index in [-0.39, 0.29) is 23.1 Å². The van der Waals surface area contributed by atoms with Gasteiger partial charge >= 0.3 is 0 Å². The third-order valence-electron chi connectivity index (χ3n) is 7.16. The Morgan fingerprint density at radius 2 is 1.52 bits per heavy atom. The maximum Gasteiger partial charge on any atom is 0.242 e. The summed E-state index contributed by atoms with van der Waals surface area (Å²) in [4.78, 5) is 36.0. The first-order valence-electron chi connectivity index (χ1n) is 8.45. The summed E-state index contributed by atoms with van der Waals surface area (Å²) in [6, 6.07) is 0. The van der Waals surface area contributed by atoms with Gasteiger partial charge in [0.05, 0.1) is 0 Å². The third-order valence-corrected chi connectivity index (χ3v) is 7.16. The van der Waals surface area contributed by atoms with Crippen molar-refractivity contribution < 1.29 is 19.5 Å². The number of rotatable bonds is 3. The number of hydrogen-bond acceptors (Lipinski definition) is 4. The van der Waals surface area contributed by atoms with Gasteiger partial charge in [0, 0.05) is 23.2 Å². The van der Waals surface area contributed by atoms with Crippen molar-refractivity contribution in [3.05, 3.63) is 0 Å². The highest BCUT2D eigenvalue weighted by molar-refractivity contribution is 5.88. The standard InChI is InChI=1S/C17H26N2O4/c1-15(2)10(5-8-16(15,3)14(22)23)12(20)18-19-13(21)11-9-17(11)6-4-7-17/h10-11H,4-9H2,1-3H3,(H,18,20)(H,19,21)(H,22,23)/p-1/t10-,11-,16-/m0/s1. The average molecular weight is 321 g/mol. The molecule has 3 aliphatic carbocycles. The molecule has 0 aromatic rings. The number of carbonyl (C=O) groups is 3. The van der Waals surface area contributed by atoms with Gasteiger partial charge in [-0.2, -0.15) is 0 Å². The lowest BCUT2D eigenvalue weighted by molar-refractivity contribution is -0.323. The lowest BCUT2D eigenvalue weighted by Gasteiger charge is -2.41. The van der Waals surface area contributed by atoms with E-state index < -0.39 is 22.7 Å². The Bertz CT molecular complexity index is 567. The van der Waals surface area contributed by atoms with Gasteiger partial charge in [-0.1, -0.05) is 27.2 Å². The van der Waals surface area contributed by atoms with Gasteiger partial charge in [-0.05, 0) is 42.9 Å². The number of aliphatic carboxylic acids is 1. The maximum absolute atomic E-state index is 12.4. The summed E-state index contributed by atoms with van der Waals surface area (Å²) in [7, 11) is 0. The minimum atomic E-state index is -1.12. The van der Waals surface area contributed by atoms with Crippen LogP contribution in [0.3, 0.4) is 0 Å². The van der Waals surface area contributed by atoms with Crippen LogP contribution in [0.5, 0.6) is 0 Å². The Balaban J connectivity index is 1.57. The van der Waals surface area contributed by atoms with E-state index in [0.29, 0.717) is 12.8 Å². The fourth-order valence-corrected chi connectivity index (χ4v) is 4.52. The van der Waals surface area contributed by atoms with E-state index in [2.05, 4.69) is 10.9 Å². The maximum atomic E-state index is 12.4. The first-order chi connectivity index (χ1) is 10.6. The van der Waals surface area contributed by atoms with Crippen LogP contribution in [0, 0.1) is 28.1 Å². The van der Waals surface area contributed by atoms with Crippen LogP contribution in [0.15, 0.2) is 0 Å². The molecule has 6 heteroatoms. The molecule has 3 rings (SSSR count). The van der Waals surface area contributed by atoms with E-state index in [4.69, 9.17) is 0 Å². The van der Waals surface area contributed by atoms with E-state index in [1.54, 1.807) is 20.8 Å². The summed E-state index contributed by atoms with van der Waals surface area (Å²) in [6.07, 6.45) is 5.21. The SMILES string of the molecule is CC1(C)[C@H](C(=O)NNC(=O)[C@@H]2CC23CCC3)CC[C@@]1(C)C(=O)[O-]. The van der Waals surface area contributed by atoms with E-state index in [1.165, 1.54) is 6.42 Å². The molecule has 2 N–H and O–H groups in total. The molecule has 0 unspecified atom stereocenters. The van der Waals surface area contributed by atoms with Crippen molar-refractivity contribution >= 4 is 17.8 Å². The normalized spacial score (nSPS) is 36.1. The molecular weight excluding hydrogens is 296 g/mol. The number of nitrogens with one attached hydrogen (secondary N) is 2. The van der Waals surface area contributed by atoms with Crippen LogP contribution < -0.4 is 16.0 Å². The van der Waals surface area contributed by atoms with Crippen molar-refractivity contribution in [2.45, 2.75) is 59.3 Å². The monoisotopic (exact) mass is 321 g/mol. The molecule has 0 aromatic heterocycles. The molecule has 0 heterocycles. The highest BCUT2D eigenvalue weighted by Crippen LogP contribution is 2.65. The van der Waals surface area contributed by atoms with Crippen LogP contribution in [0.4, 0.5) is 0 Å². The lowest BCUT2D eigenvalue weighted by Crippen LogP contribution is -2.52. The predicted molar refractivity (Wildman–Crippen MR) is 80.3 cm³/mol. The third kappa shape index (κ3) is 2.25. The molecule has 0 bridgehead atoms. The average Bonchev–Trinajstić information content (AvgIpc) is 3.14. The molecule has 0 radical (unpaired) electrons. The first-order valence-corrected chi connectivity index (χ1v) is 8.45. The number of amides is 2. The van der Waals surface area contributed by atoms with E-state index >= 15 is 0 Å². The van der Waals surface area contributed by atoms with Gasteiger partial charge in [0.2, 0.25) is 11.8 Å². The summed E-state index contributed by atoms with van der Waals surface area (Å²) in [5.41, 5.74) is 3.50. The minimum absolute atomic E-state index is 0.0293. The number of hydrazine groups is 1. The molecule has 0 aliphatic heterocycles. The Kier molecular flexibility index (Phi) is 3.50. The minimum Gasteiger partial charge on any atom is -0.550 e. The molecule has 23 heavy (non-hydrogen) atoms. The highest BCUT2D eigenvalue weighted by Gasteiger charge is 2.61. The summed E-state index contributed by atoms with van der Waals surface area (Å²) in [5.74, 6) is -1.97. The number of carboxylic acids is 1. The second-order valence-electron chi connectivity index (χ2n) is 8.38. The molecule has 3 aliphatic rings. The van der Waals surface area contributed by atoms with Crippen LogP contribution in [0.2, 0.25) is 0 Å². The van der Waals surface area contributed by atoms with Gasteiger partial charge in [0.1, 0.15) is 0 Å². The lowest BCUT2D eigenvalue weighted by atomic mass is 9.65. The van der Waals surface area contributed by atoms with E-state index in [1.807, 2.05) is 0 Å². The zero-order chi connectivity index (χ0) is 17.0. The quantitative estimate of drug-likeness (QED) is 0.740. The molecule has 0 aromatic carbocycles. The number of hydrogen-bond donors (Lipinski definition) is 2. The van der Waals surface area contributed by atoms with Gasteiger partial charge in [-0.15, -0.1) is 0 Å². The molecule has 2 amide bonds. The topological polar surface area (TPSA) is 98.3 Å². The smallest absolute Gasteiger partial charge is 0.242 e. The second kappa shape index (κ2) is 4.95. The summed E-state index contributed by atoms with van der Waals surface area (Å²) in [6.45, 7) is 5.21. The van der Waals surface area contributed by atoms with Gasteiger partial charge < -0.3 is 9.90 Å². The van der Waals surface area contributed by atoms with Crippen molar-refractivity contribution in [1.29, 1.82) is 0 Å². The largest absolute Gasteiger partial charge is 0.550 e. The van der Waals surface area contributed by atoms with Crippen molar-refractivity contribution in [1.82, 2.24) is 10.9 Å². The van der Waals surface area contributed by atoms with Crippen LogP contribution in [-0.2, 0) is 14.4 Å². The van der Waals surface area contributed by atoms with Crippen LogP contribution in [0.25, 0.3) is 0 Å². The van der Waals surface area contributed by atoms with Crippen LogP contribution >= 0.6 is 0 Å². The molecular formula is C17H25N2O4-. The molecule has 3 atom stereocenters. The number of carboxylic acid groups (broad SMARTS) is 1. The number of carbonyl (C=O) groups excluding carboxylic acids is 3. The van der Waals surface area contributed by atoms with Gasteiger partial charge in [0.25, 0.3) is 0 Å². The molecule has 3 saturated carbocycles. The van der Waals surface area contributed by atoms with Crippen LogP contribution in [-0.4, -0.2) is 17.8 Å². The van der Waals surface area contributed by atoms with Crippen molar-refractivity contribution in [3.8, 4) is 0 Å². The van der Waals surface area contributed by atoms with Gasteiger partial charge in [0.15, 0.2) is 0 Å². The molecule has 1 spiro atoms. The van der Waals surface area contributed by atoms with Crippen LogP contribution in [0.1, 0.15) is 59.3 Å². The Morgan fingerprint density at radius 1 is 0.957 bits per heavy atom. The molecule has 6 nitrogen and oxygen atoms in total. The second-order valence-corrected chi connectivity index (χ2v) is 8.38. The Hall–Kier alpha value is -1.59. The molecule has 0 saturated heterocycles. The van der Waals surface area contributed by atoms with Gasteiger partial charge in [-0.3, -0.25) is 20.4 Å². The fourth-order valence-electron chi connectivity index (χ4n) is 4.52. The zero-order valence-electron chi connectivity index (χ0n) is 14.0. The first kappa shape index (κ1) is 16.3. The summed E-state index contributed by atoms with van der Waals surface area (Å²) >= 11 is 0. The Morgan fingerprint density at radius 3 is 1.91 bits per heavy atom. The summed E-state index contributed by atoms with van der Waals surface area (Å²) in [5, 5.41) is 11.5. The van der Waals surface area contributed by atoms with E-state index in [9.17, 15) is 19.5 Å². The Labute approximate surface area is 136 Å². The van der Waals surface area contributed by atoms with Crippen molar-refractivity contribution in [2.24, 2.45) is 28.1 Å². The zero-order valence-corrected chi connectivity index (χ0v) is 14.0. The highest BCUT2D eigenvalue weighted by atomic mass is 16.4.